The highest BCUT2D eigenvalue weighted by molar-refractivity contribution is 7.89. The van der Waals surface area contributed by atoms with Crippen molar-refractivity contribution >= 4 is 15.9 Å². The highest BCUT2D eigenvalue weighted by Crippen LogP contribution is 2.56. The molecule has 2 heterocycles. The van der Waals surface area contributed by atoms with E-state index in [1.54, 1.807) is 23.1 Å². The molecule has 182 valence electrons. The second-order valence-corrected chi connectivity index (χ2v) is 11.6. The van der Waals surface area contributed by atoms with Crippen molar-refractivity contribution < 1.29 is 26.7 Å². The maximum atomic E-state index is 15.7. The molecular weight excluding hydrogens is 462 g/mol. The first-order valence-corrected chi connectivity index (χ1v) is 13.2. The molecule has 1 aliphatic carbocycles. The van der Waals surface area contributed by atoms with Gasteiger partial charge in [0.1, 0.15) is 11.9 Å². The molecule has 0 bridgehead atoms. The van der Waals surface area contributed by atoms with E-state index in [4.69, 9.17) is 4.74 Å². The Kier molecular flexibility index (Phi) is 5.98. The summed E-state index contributed by atoms with van der Waals surface area (Å²) in [5, 5.41) is 0. The Morgan fingerprint density at radius 3 is 2.50 bits per heavy atom. The summed E-state index contributed by atoms with van der Waals surface area (Å²) in [6.07, 6.45) is 1.60. The quantitative estimate of drug-likeness (QED) is 0.646. The first kappa shape index (κ1) is 23.4. The second kappa shape index (κ2) is 8.70. The van der Waals surface area contributed by atoms with Crippen LogP contribution < -0.4 is 4.72 Å². The summed E-state index contributed by atoms with van der Waals surface area (Å²) >= 11 is 0. The fourth-order valence-corrected chi connectivity index (χ4v) is 6.08. The average Bonchev–Trinajstić information content (AvgIpc) is 3.49. The summed E-state index contributed by atoms with van der Waals surface area (Å²) in [5.74, 6) is -0.615. The number of carbonyl (C=O) groups excluding carboxylic acids is 1. The van der Waals surface area contributed by atoms with Crippen LogP contribution in [0.2, 0.25) is 0 Å². The maximum absolute atomic E-state index is 15.7. The van der Waals surface area contributed by atoms with Crippen LogP contribution in [0.1, 0.15) is 31.7 Å². The number of nitrogens with zero attached hydrogens (tertiary/aromatic N) is 1. The molecule has 2 aromatic rings. The summed E-state index contributed by atoms with van der Waals surface area (Å²) in [5.41, 5.74) is -1.01. The topological polar surface area (TPSA) is 75.7 Å². The van der Waals surface area contributed by atoms with Gasteiger partial charge in [-0.05, 0) is 37.3 Å². The molecule has 0 unspecified atom stereocenters. The van der Waals surface area contributed by atoms with Crippen molar-refractivity contribution in [2.75, 3.05) is 13.2 Å². The number of rotatable bonds is 7. The molecule has 34 heavy (non-hydrogen) atoms. The highest BCUT2D eigenvalue weighted by atomic mass is 32.2. The largest absolute Gasteiger partial charge is 0.368 e. The minimum Gasteiger partial charge on any atom is -0.368 e. The Morgan fingerprint density at radius 1 is 1.21 bits per heavy atom. The third-order valence-electron chi connectivity index (χ3n) is 7.39. The zero-order chi connectivity index (χ0) is 24.1. The first-order valence-electron chi connectivity index (χ1n) is 11.6. The van der Waals surface area contributed by atoms with Gasteiger partial charge in [0, 0.05) is 30.0 Å². The van der Waals surface area contributed by atoms with E-state index in [1.807, 2.05) is 30.3 Å². The van der Waals surface area contributed by atoms with E-state index in [1.165, 1.54) is 0 Å². The van der Waals surface area contributed by atoms with Crippen LogP contribution >= 0.6 is 0 Å². The number of carbonyl (C=O) groups is 1. The maximum Gasteiger partial charge on any atom is 0.252 e. The molecule has 3 fully saturated rings. The number of nitrogens with one attached hydrogen (secondary N) is 1. The van der Waals surface area contributed by atoms with Gasteiger partial charge >= 0.3 is 0 Å². The number of halogens is 2. The van der Waals surface area contributed by atoms with Crippen LogP contribution in [0.15, 0.2) is 48.5 Å². The fraction of sp³-hybridized carbons (Fsp3) is 0.480. The second-order valence-electron chi connectivity index (χ2n) is 9.58. The first-order chi connectivity index (χ1) is 16.2. The third-order valence-corrected chi connectivity index (χ3v) is 8.83. The molecule has 0 aromatic heterocycles. The van der Waals surface area contributed by atoms with Crippen LogP contribution in [0.5, 0.6) is 0 Å². The zero-order valence-electron chi connectivity index (χ0n) is 18.9. The van der Waals surface area contributed by atoms with Crippen LogP contribution in [0.4, 0.5) is 8.78 Å². The highest BCUT2D eigenvalue weighted by Gasteiger charge is 2.62. The normalized spacial score (nSPS) is 26.3. The summed E-state index contributed by atoms with van der Waals surface area (Å²) in [4.78, 5) is 14.9. The molecule has 1 amide bonds. The number of benzene rings is 2. The molecule has 3 aliphatic rings. The van der Waals surface area contributed by atoms with Crippen molar-refractivity contribution in [3.63, 3.8) is 0 Å². The van der Waals surface area contributed by atoms with Gasteiger partial charge in [-0.2, -0.15) is 0 Å². The predicted molar refractivity (Wildman–Crippen MR) is 123 cm³/mol. The Labute approximate surface area is 198 Å². The van der Waals surface area contributed by atoms with Gasteiger partial charge < -0.3 is 9.64 Å². The van der Waals surface area contributed by atoms with Crippen molar-refractivity contribution in [1.29, 1.82) is 0 Å². The lowest BCUT2D eigenvalue weighted by Gasteiger charge is -2.34. The van der Waals surface area contributed by atoms with Crippen molar-refractivity contribution in [2.45, 2.75) is 56.3 Å². The molecule has 5 rings (SSSR count). The van der Waals surface area contributed by atoms with E-state index in [-0.39, 0.29) is 12.3 Å². The number of hydrogen-bond donors (Lipinski definition) is 1. The van der Waals surface area contributed by atoms with Crippen LogP contribution in [0.25, 0.3) is 11.1 Å². The summed E-state index contributed by atoms with van der Waals surface area (Å²) in [6.45, 7) is 1.83. The van der Waals surface area contributed by atoms with Crippen LogP contribution in [0, 0.1) is 11.2 Å². The van der Waals surface area contributed by atoms with Crippen molar-refractivity contribution in [3.8, 4) is 11.1 Å². The standard InChI is InChI=1S/C25H28F2N2O4S/c1-16(26)34(31,32)28-23-20(29(15-25(23)11-12-25)24(30)21-10-13-33-21)14-18-8-5-9-19(22(18)27)17-6-3-2-4-7-17/h2-9,16,20-21,23,28H,10-15H2,1H3/t16-,20+,21-,23-/m1/s1. The molecule has 2 aliphatic heterocycles. The number of likely N-dealkylation sites (tertiary alicyclic amines) is 1. The Morgan fingerprint density at radius 2 is 1.91 bits per heavy atom. The lowest BCUT2D eigenvalue weighted by molar-refractivity contribution is -0.157. The molecule has 2 aromatic carbocycles. The summed E-state index contributed by atoms with van der Waals surface area (Å²) in [6, 6.07) is 12.9. The van der Waals surface area contributed by atoms with E-state index < -0.39 is 44.9 Å². The van der Waals surface area contributed by atoms with E-state index in [0.29, 0.717) is 30.7 Å². The lowest BCUT2D eigenvalue weighted by Crippen LogP contribution is -2.53. The monoisotopic (exact) mass is 490 g/mol. The van der Waals surface area contributed by atoms with Gasteiger partial charge in [0.15, 0.2) is 0 Å². The number of alkyl halides is 1. The fourth-order valence-electron chi connectivity index (χ4n) is 5.14. The molecule has 0 radical (unpaired) electrons. The van der Waals surface area contributed by atoms with Crippen molar-refractivity contribution in [3.05, 3.63) is 59.9 Å². The smallest absolute Gasteiger partial charge is 0.252 e. The molecule has 4 atom stereocenters. The van der Waals surface area contributed by atoms with Gasteiger partial charge in [-0.25, -0.2) is 21.9 Å². The summed E-state index contributed by atoms with van der Waals surface area (Å²) < 4.78 is 62.5. The Bertz CT molecular complexity index is 1180. The van der Waals surface area contributed by atoms with E-state index in [2.05, 4.69) is 4.72 Å². The van der Waals surface area contributed by atoms with Crippen LogP contribution in [-0.2, 0) is 26.0 Å². The molecule has 1 saturated carbocycles. The van der Waals surface area contributed by atoms with Gasteiger partial charge in [0.2, 0.25) is 15.5 Å². The third kappa shape index (κ3) is 4.14. The molecule has 1 spiro atoms. The van der Waals surface area contributed by atoms with Gasteiger partial charge in [-0.3, -0.25) is 4.79 Å². The van der Waals surface area contributed by atoms with E-state index in [0.717, 1.165) is 25.3 Å². The molecule has 1 N–H and O–H groups in total. The minimum atomic E-state index is -4.24. The number of amides is 1. The van der Waals surface area contributed by atoms with Gasteiger partial charge in [-0.15, -0.1) is 0 Å². The van der Waals surface area contributed by atoms with Gasteiger partial charge in [0.25, 0.3) is 5.91 Å². The average molecular weight is 491 g/mol. The molecule has 6 nitrogen and oxygen atoms in total. The predicted octanol–water partition coefficient (Wildman–Crippen LogP) is 3.42. The number of sulfonamides is 1. The van der Waals surface area contributed by atoms with Gasteiger partial charge in [0.05, 0.1) is 12.6 Å². The summed E-state index contributed by atoms with van der Waals surface area (Å²) in [7, 11) is -4.24. The molecule has 2 saturated heterocycles. The number of ether oxygens (including phenoxy) is 1. The zero-order valence-corrected chi connectivity index (χ0v) is 19.7. The van der Waals surface area contributed by atoms with Gasteiger partial charge in [-0.1, -0.05) is 48.5 Å². The van der Waals surface area contributed by atoms with Crippen molar-refractivity contribution in [2.24, 2.45) is 5.41 Å². The molecule has 9 heteroatoms. The minimum absolute atomic E-state index is 0.112. The van der Waals surface area contributed by atoms with E-state index >= 15 is 4.39 Å². The number of hydrogen-bond acceptors (Lipinski definition) is 4. The lowest BCUT2D eigenvalue weighted by atomic mass is 9.91. The SMILES string of the molecule is C[C@H](F)S(=O)(=O)N[C@@H]1[C@H](Cc2cccc(-c3ccccc3)c2F)N(C(=O)[C@H]2CCO2)CC12CC2. The van der Waals surface area contributed by atoms with Crippen LogP contribution in [-0.4, -0.2) is 56.1 Å². The Balaban J connectivity index is 1.51. The molecular formula is C25H28F2N2O4S. The van der Waals surface area contributed by atoms with E-state index in [9.17, 15) is 17.6 Å². The van der Waals surface area contributed by atoms with Crippen LogP contribution in [0.3, 0.4) is 0 Å². The van der Waals surface area contributed by atoms with Crippen molar-refractivity contribution in [1.82, 2.24) is 9.62 Å². The Hall–Kier alpha value is -2.36.